The Morgan fingerprint density at radius 1 is 1.69 bits per heavy atom. The largest absolute Gasteiger partial charge is 0.299 e. The number of carbonyl (C=O) groups is 1. The van der Waals surface area contributed by atoms with Crippen LogP contribution in [-0.4, -0.2) is 24.3 Å². The molecule has 0 N–H and O–H groups in total. The van der Waals surface area contributed by atoms with Gasteiger partial charge in [-0.1, -0.05) is 6.07 Å². The Morgan fingerprint density at radius 2 is 2.38 bits per heavy atom. The predicted octanol–water partition coefficient (Wildman–Crippen LogP) is 2.33. The molecule has 0 bridgehead atoms. The van der Waals surface area contributed by atoms with E-state index in [0.717, 1.165) is 0 Å². The average Bonchev–Trinajstić information content (AvgIpc) is 2.53. The zero-order valence-corrected chi connectivity index (χ0v) is 9.10. The molecule has 0 saturated carbocycles. The minimum atomic E-state index is 0.214. The Hall–Kier alpha value is -0.670. The van der Waals surface area contributed by atoms with Crippen LogP contribution >= 0.6 is 11.3 Å². The molecule has 0 aliphatic rings. The normalized spacial score (nSPS) is 13.2. The molecule has 0 saturated heterocycles. The van der Waals surface area contributed by atoms with Gasteiger partial charge in [-0.2, -0.15) is 0 Å². The quantitative estimate of drug-likeness (QED) is 0.738. The minimum absolute atomic E-state index is 0.214. The SMILES string of the molecule is CC(=O)CN(C)C(C)c1cccs1. The molecular formula is C10H15NOS. The maximum atomic E-state index is 10.9. The van der Waals surface area contributed by atoms with Gasteiger partial charge in [-0.05, 0) is 32.3 Å². The van der Waals surface area contributed by atoms with Crippen molar-refractivity contribution >= 4 is 17.1 Å². The summed E-state index contributed by atoms with van der Waals surface area (Å²) >= 11 is 1.73. The fourth-order valence-electron chi connectivity index (χ4n) is 1.23. The second kappa shape index (κ2) is 4.53. The number of rotatable bonds is 4. The van der Waals surface area contributed by atoms with Gasteiger partial charge < -0.3 is 0 Å². The van der Waals surface area contributed by atoms with Crippen LogP contribution in [0.4, 0.5) is 0 Å². The zero-order chi connectivity index (χ0) is 9.84. The van der Waals surface area contributed by atoms with Gasteiger partial charge in [0.25, 0.3) is 0 Å². The summed E-state index contributed by atoms with van der Waals surface area (Å²) in [4.78, 5) is 14.3. The zero-order valence-electron chi connectivity index (χ0n) is 8.28. The molecule has 72 valence electrons. The molecule has 0 aliphatic heterocycles. The van der Waals surface area contributed by atoms with Gasteiger partial charge in [0.2, 0.25) is 0 Å². The van der Waals surface area contributed by atoms with Gasteiger partial charge in [0.05, 0.1) is 6.54 Å². The number of hydrogen-bond acceptors (Lipinski definition) is 3. The van der Waals surface area contributed by atoms with E-state index in [2.05, 4.69) is 23.3 Å². The highest BCUT2D eigenvalue weighted by molar-refractivity contribution is 7.10. The molecule has 3 heteroatoms. The van der Waals surface area contributed by atoms with Crippen molar-refractivity contribution in [3.05, 3.63) is 22.4 Å². The number of ketones is 1. The number of Topliss-reactive ketones (excluding diaryl/α,β-unsaturated/α-hetero) is 1. The van der Waals surface area contributed by atoms with Crippen molar-refractivity contribution in [3.63, 3.8) is 0 Å². The number of thiophene rings is 1. The minimum Gasteiger partial charge on any atom is -0.299 e. The summed E-state index contributed by atoms with van der Waals surface area (Å²) in [6.07, 6.45) is 0. The average molecular weight is 197 g/mol. The van der Waals surface area contributed by atoms with Gasteiger partial charge in [0.1, 0.15) is 5.78 Å². The van der Waals surface area contributed by atoms with Crippen molar-refractivity contribution in [2.24, 2.45) is 0 Å². The summed E-state index contributed by atoms with van der Waals surface area (Å²) in [6.45, 7) is 4.27. The first kappa shape index (κ1) is 10.4. The van der Waals surface area contributed by atoms with E-state index in [0.29, 0.717) is 12.6 Å². The molecule has 1 atom stereocenters. The standard InChI is InChI=1S/C10H15NOS/c1-8(12)7-11(3)9(2)10-5-4-6-13-10/h4-6,9H,7H2,1-3H3. The van der Waals surface area contributed by atoms with Crippen molar-refractivity contribution in [1.29, 1.82) is 0 Å². The molecule has 13 heavy (non-hydrogen) atoms. The summed E-state index contributed by atoms with van der Waals surface area (Å²) in [5.74, 6) is 0.214. The fraction of sp³-hybridized carbons (Fsp3) is 0.500. The van der Waals surface area contributed by atoms with E-state index in [4.69, 9.17) is 0 Å². The first-order valence-electron chi connectivity index (χ1n) is 4.34. The molecule has 1 heterocycles. The second-order valence-electron chi connectivity index (χ2n) is 3.31. The van der Waals surface area contributed by atoms with Gasteiger partial charge in [-0.3, -0.25) is 9.69 Å². The molecular weight excluding hydrogens is 182 g/mol. The first-order valence-corrected chi connectivity index (χ1v) is 5.22. The number of likely N-dealkylation sites (N-methyl/N-ethyl adjacent to an activating group) is 1. The molecule has 0 spiro atoms. The first-order chi connectivity index (χ1) is 6.11. The van der Waals surface area contributed by atoms with Crippen LogP contribution in [-0.2, 0) is 4.79 Å². The van der Waals surface area contributed by atoms with Crippen LogP contribution in [0.2, 0.25) is 0 Å². The molecule has 1 aromatic heterocycles. The van der Waals surface area contributed by atoms with Crippen LogP contribution in [0.3, 0.4) is 0 Å². The number of nitrogens with zero attached hydrogens (tertiary/aromatic N) is 1. The molecule has 0 amide bonds. The molecule has 1 unspecified atom stereocenters. The summed E-state index contributed by atoms with van der Waals surface area (Å²) in [5, 5.41) is 2.06. The summed E-state index contributed by atoms with van der Waals surface area (Å²) < 4.78 is 0. The van der Waals surface area contributed by atoms with E-state index in [1.165, 1.54) is 4.88 Å². The van der Waals surface area contributed by atoms with Gasteiger partial charge in [0.15, 0.2) is 0 Å². The lowest BCUT2D eigenvalue weighted by Gasteiger charge is -2.22. The van der Waals surface area contributed by atoms with Crippen molar-refractivity contribution in [2.75, 3.05) is 13.6 Å². The Balaban J connectivity index is 2.57. The van der Waals surface area contributed by atoms with Crippen LogP contribution in [0.5, 0.6) is 0 Å². The topological polar surface area (TPSA) is 20.3 Å². The van der Waals surface area contributed by atoms with E-state index in [1.807, 2.05) is 13.1 Å². The molecule has 0 aliphatic carbocycles. The van der Waals surface area contributed by atoms with E-state index in [9.17, 15) is 4.79 Å². The van der Waals surface area contributed by atoms with Gasteiger partial charge in [-0.15, -0.1) is 11.3 Å². The third-order valence-corrected chi connectivity index (χ3v) is 3.13. The van der Waals surface area contributed by atoms with Crippen LogP contribution in [0.1, 0.15) is 24.8 Å². The van der Waals surface area contributed by atoms with Gasteiger partial charge >= 0.3 is 0 Å². The van der Waals surface area contributed by atoms with Gasteiger partial charge in [0, 0.05) is 10.9 Å². The lowest BCUT2D eigenvalue weighted by Crippen LogP contribution is -2.26. The third-order valence-electron chi connectivity index (χ3n) is 2.09. The molecule has 0 radical (unpaired) electrons. The maximum Gasteiger partial charge on any atom is 0.143 e. The smallest absolute Gasteiger partial charge is 0.143 e. The third kappa shape index (κ3) is 2.94. The number of carbonyl (C=O) groups excluding carboxylic acids is 1. The van der Waals surface area contributed by atoms with Crippen molar-refractivity contribution in [1.82, 2.24) is 4.90 Å². The molecule has 1 rings (SSSR count). The van der Waals surface area contributed by atoms with Crippen molar-refractivity contribution < 1.29 is 4.79 Å². The molecule has 2 nitrogen and oxygen atoms in total. The van der Waals surface area contributed by atoms with Crippen molar-refractivity contribution in [2.45, 2.75) is 19.9 Å². The van der Waals surface area contributed by atoms with E-state index < -0.39 is 0 Å². The molecule has 0 aromatic carbocycles. The van der Waals surface area contributed by atoms with Crippen LogP contribution in [0, 0.1) is 0 Å². The number of hydrogen-bond donors (Lipinski definition) is 0. The lowest BCUT2D eigenvalue weighted by molar-refractivity contribution is -0.118. The summed E-state index contributed by atoms with van der Waals surface area (Å²) in [7, 11) is 1.98. The van der Waals surface area contributed by atoms with Crippen LogP contribution in [0.15, 0.2) is 17.5 Å². The van der Waals surface area contributed by atoms with Crippen molar-refractivity contribution in [3.8, 4) is 0 Å². The highest BCUT2D eigenvalue weighted by Gasteiger charge is 2.13. The Bertz CT molecular complexity index is 268. The fourth-order valence-corrected chi connectivity index (χ4v) is 2.08. The maximum absolute atomic E-state index is 10.9. The van der Waals surface area contributed by atoms with E-state index in [-0.39, 0.29) is 5.78 Å². The van der Waals surface area contributed by atoms with E-state index in [1.54, 1.807) is 18.3 Å². The van der Waals surface area contributed by atoms with Crippen LogP contribution in [0.25, 0.3) is 0 Å². The monoisotopic (exact) mass is 197 g/mol. The lowest BCUT2D eigenvalue weighted by atomic mass is 10.2. The Morgan fingerprint density at radius 3 is 2.85 bits per heavy atom. The highest BCUT2D eigenvalue weighted by Crippen LogP contribution is 2.22. The molecule has 1 aromatic rings. The summed E-state index contributed by atoms with van der Waals surface area (Å²) in [5.41, 5.74) is 0. The van der Waals surface area contributed by atoms with Crippen LogP contribution < -0.4 is 0 Å². The highest BCUT2D eigenvalue weighted by atomic mass is 32.1. The Labute approximate surface area is 83.2 Å². The predicted molar refractivity (Wildman–Crippen MR) is 56.0 cm³/mol. The van der Waals surface area contributed by atoms with Gasteiger partial charge in [-0.25, -0.2) is 0 Å². The summed E-state index contributed by atoms with van der Waals surface area (Å²) in [6, 6.07) is 4.48. The Kier molecular flexibility index (Phi) is 3.63. The van der Waals surface area contributed by atoms with E-state index >= 15 is 0 Å². The second-order valence-corrected chi connectivity index (χ2v) is 4.29. The molecule has 0 fully saturated rings.